The molecule has 6 nitrogen and oxygen atoms in total. The van der Waals surface area contributed by atoms with Crippen LogP contribution in [0.25, 0.3) is 0 Å². The molecule has 0 saturated heterocycles. The van der Waals surface area contributed by atoms with Crippen molar-refractivity contribution < 1.29 is 22.8 Å². The number of nitrogens with zero attached hydrogens (tertiary/aromatic N) is 1. The lowest BCUT2D eigenvalue weighted by Gasteiger charge is -2.10. The molecule has 20 heavy (non-hydrogen) atoms. The molecule has 1 aromatic carbocycles. The molecule has 0 aromatic heterocycles. The number of anilines is 2. The quantitative estimate of drug-likeness (QED) is 0.459. The van der Waals surface area contributed by atoms with Crippen LogP contribution in [0, 0.1) is 10.1 Å². The minimum Gasteiger partial charge on any atom is -0.388 e. The highest BCUT2D eigenvalue weighted by molar-refractivity contribution is 5.63. The van der Waals surface area contributed by atoms with E-state index in [4.69, 9.17) is 0 Å². The topological polar surface area (TPSA) is 76.4 Å². The van der Waals surface area contributed by atoms with Crippen LogP contribution in [0.3, 0.4) is 0 Å². The van der Waals surface area contributed by atoms with Gasteiger partial charge in [-0.1, -0.05) is 0 Å². The molecular weight excluding hydrogens is 279 g/mol. The zero-order valence-electron chi connectivity index (χ0n) is 10.7. The Kier molecular flexibility index (Phi) is 5.56. The molecule has 9 heteroatoms. The summed E-state index contributed by atoms with van der Waals surface area (Å²) in [6.07, 6.45) is -4.36. The van der Waals surface area contributed by atoms with E-state index in [9.17, 15) is 23.3 Å². The van der Waals surface area contributed by atoms with Gasteiger partial charge in [0.2, 0.25) is 0 Å². The number of hydrogen-bond donors (Lipinski definition) is 2. The second-order valence-electron chi connectivity index (χ2n) is 3.87. The number of nitro groups is 1. The maximum atomic E-state index is 11.8. The number of nitro benzene ring substituents is 1. The van der Waals surface area contributed by atoms with Crippen molar-refractivity contribution in [3.8, 4) is 0 Å². The first kappa shape index (κ1) is 16.0. The summed E-state index contributed by atoms with van der Waals surface area (Å²) in [5, 5.41) is 16.2. The van der Waals surface area contributed by atoms with Gasteiger partial charge in [0, 0.05) is 37.1 Å². The van der Waals surface area contributed by atoms with E-state index >= 15 is 0 Å². The Labute approximate surface area is 113 Å². The van der Waals surface area contributed by atoms with E-state index in [0.717, 1.165) is 0 Å². The van der Waals surface area contributed by atoms with Gasteiger partial charge in [-0.25, -0.2) is 0 Å². The minimum absolute atomic E-state index is 0.112. The molecule has 0 unspecified atom stereocenters. The highest BCUT2D eigenvalue weighted by atomic mass is 19.4. The summed E-state index contributed by atoms with van der Waals surface area (Å²) in [5.74, 6) is 0. The number of halogens is 3. The first-order chi connectivity index (χ1) is 9.31. The standard InChI is InChI=1S/C11H14F3N3O3/c1-15-8-4-9(6-10(5-8)17(18)19)16-2-3-20-7-11(12,13)14/h4-6,15-16H,2-3,7H2,1H3. The summed E-state index contributed by atoms with van der Waals surface area (Å²) in [7, 11) is 1.61. The van der Waals surface area contributed by atoms with Gasteiger partial charge in [0.05, 0.1) is 11.5 Å². The molecule has 0 saturated carbocycles. The van der Waals surface area contributed by atoms with Crippen molar-refractivity contribution in [2.75, 3.05) is 37.4 Å². The average molecular weight is 293 g/mol. The fourth-order valence-electron chi connectivity index (χ4n) is 1.42. The smallest absolute Gasteiger partial charge is 0.388 e. The van der Waals surface area contributed by atoms with Gasteiger partial charge in [0.15, 0.2) is 0 Å². The molecule has 0 aliphatic heterocycles. The zero-order chi connectivity index (χ0) is 15.2. The Morgan fingerprint density at radius 1 is 1.30 bits per heavy atom. The maximum Gasteiger partial charge on any atom is 0.411 e. The molecule has 112 valence electrons. The third-order valence-corrected chi connectivity index (χ3v) is 2.26. The van der Waals surface area contributed by atoms with Crippen molar-refractivity contribution in [3.63, 3.8) is 0 Å². The van der Waals surface area contributed by atoms with E-state index in [1.807, 2.05) is 0 Å². The van der Waals surface area contributed by atoms with Crippen LogP contribution in [0.4, 0.5) is 30.2 Å². The Morgan fingerprint density at radius 2 is 1.95 bits per heavy atom. The number of non-ortho nitro benzene ring substituents is 1. The van der Waals surface area contributed by atoms with Crippen LogP contribution in [0.15, 0.2) is 18.2 Å². The Hall–Kier alpha value is -2.03. The number of nitrogens with one attached hydrogen (secondary N) is 2. The number of rotatable bonds is 7. The van der Waals surface area contributed by atoms with E-state index < -0.39 is 17.7 Å². The predicted octanol–water partition coefficient (Wildman–Crippen LogP) is 2.63. The largest absolute Gasteiger partial charge is 0.411 e. The second-order valence-corrected chi connectivity index (χ2v) is 3.87. The molecular formula is C11H14F3N3O3. The Balaban J connectivity index is 2.51. The molecule has 0 spiro atoms. The van der Waals surface area contributed by atoms with Gasteiger partial charge in [-0.3, -0.25) is 10.1 Å². The van der Waals surface area contributed by atoms with Crippen molar-refractivity contribution in [1.82, 2.24) is 0 Å². The Morgan fingerprint density at radius 3 is 2.50 bits per heavy atom. The third-order valence-electron chi connectivity index (χ3n) is 2.26. The first-order valence-electron chi connectivity index (χ1n) is 5.67. The number of ether oxygens (including phenoxy) is 1. The lowest BCUT2D eigenvalue weighted by Crippen LogP contribution is -2.20. The highest BCUT2D eigenvalue weighted by Crippen LogP contribution is 2.23. The van der Waals surface area contributed by atoms with E-state index in [0.29, 0.717) is 11.4 Å². The summed E-state index contributed by atoms with van der Waals surface area (Å²) in [6, 6.07) is 4.26. The fourth-order valence-corrected chi connectivity index (χ4v) is 1.42. The molecule has 1 rings (SSSR count). The van der Waals surface area contributed by atoms with Crippen LogP contribution in [0.2, 0.25) is 0 Å². The Bertz CT molecular complexity index is 466. The highest BCUT2D eigenvalue weighted by Gasteiger charge is 2.27. The number of benzene rings is 1. The van der Waals surface area contributed by atoms with E-state index in [1.165, 1.54) is 12.1 Å². The summed E-state index contributed by atoms with van der Waals surface area (Å²) in [5.41, 5.74) is 0.840. The molecule has 1 aromatic rings. The van der Waals surface area contributed by atoms with E-state index in [-0.39, 0.29) is 18.8 Å². The van der Waals surface area contributed by atoms with Gasteiger partial charge in [0.25, 0.3) is 5.69 Å². The number of hydrogen-bond acceptors (Lipinski definition) is 5. The first-order valence-corrected chi connectivity index (χ1v) is 5.67. The van der Waals surface area contributed by atoms with E-state index in [2.05, 4.69) is 15.4 Å². The van der Waals surface area contributed by atoms with Gasteiger partial charge < -0.3 is 15.4 Å². The van der Waals surface area contributed by atoms with Crippen LogP contribution in [-0.2, 0) is 4.74 Å². The molecule has 0 aliphatic carbocycles. The molecule has 0 radical (unpaired) electrons. The monoisotopic (exact) mass is 293 g/mol. The van der Waals surface area contributed by atoms with Crippen molar-refractivity contribution in [1.29, 1.82) is 0 Å². The average Bonchev–Trinajstić information content (AvgIpc) is 2.36. The molecule has 0 aliphatic rings. The summed E-state index contributed by atoms with van der Waals surface area (Å²) < 4.78 is 39.9. The molecule has 0 heterocycles. The zero-order valence-corrected chi connectivity index (χ0v) is 10.7. The minimum atomic E-state index is -4.36. The summed E-state index contributed by atoms with van der Waals surface area (Å²) in [4.78, 5) is 10.2. The van der Waals surface area contributed by atoms with Crippen LogP contribution in [0.1, 0.15) is 0 Å². The SMILES string of the molecule is CNc1cc(NCCOCC(F)(F)F)cc([N+](=O)[O-])c1. The van der Waals surface area contributed by atoms with Crippen LogP contribution >= 0.6 is 0 Å². The third kappa shape index (κ3) is 5.74. The van der Waals surface area contributed by atoms with Crippen molar-refractivity contribution in [2.45, 2.75) is 6.18 Å². The van der Waals surface area contributed by atoms with Gasteiger partial charge in [-0.05, 0) is 6.07 Å². The van der Waals surface area contributed by atoms with Crippen molar-refractivity contribution in [2.24, 2.45) is 0 Å². The van der Waals surface area contributed by atoms with Gasteiger partial charge in [0.1, 0.15) is 6.61 Å². The lowest BCUT2D eigenvalue weighted by molar-refractivity contribution is -0.384. The molecule has 2 N–H and O–H groups in total. The van der Waals surface area contributed by atoms with Crippen LogP contribution < -0.4 is 10.6 Å². The normalized spacial score (nSPS) is 11.2. The molecule has 0 bridgehead atoms. The summed E-state index contributed by atoms with van der Waals surface area (Å²) >= 11 is 0. The number of alkyl halides is 3. The van der Waals surface area contributed by atoms with Gasteiger partial charge in [-0.15, -0.1) is 0 Å². The van der Waals surface area contributed by atoms with Crippen LogP contribution in [0.5, 0.6) is 0 Å². The summed E-state index contributed by atoms with van der Waals surface area (Å²) in [6.45, 7) is -1.36. The molecule has 0 fully saturated rings. The van der Waals surface area contributed by atoms with Crippen molar-refractivity contribution >= 4 is 17.1 Å². The molecule has 0 amide bonds. The van der Waals surface area contributed by atoms with Gasteiger partial charge in [-0.2, -0.15) is 13.2 Å². The van der Waals surface area contributed by atoms with Crippen LogP contribution in [-0.4, -0.2) is 37.9 Å². The predicted molar refractivity (Wildman–Crippen MR) is 68.0 cm³/mol. The molecule has 0 atom stereocenters. The van der Waals surface area contributed by atoms with Crippen molar-refractivity contribution in [3.05, 3.63) is 28.3 Å². The maximum absolute atomic E-state index is 11.8. The fraction of sp³-hybridized carbons (Fsp3) is 0.455. The van der Waals surface area contributed by atoms with E-state index in [1.54, 1.807) is 13.1 Å². The lowest BCUT2D eigenvalue weighted by atomic mass is 10.2. The second kappa shape index (κ2) is 6.94. The van der Waals surface area contributed by atoms with Gasteiger partial charge >= 0.3 is 6.18 Å².